The highest BCUT2D eigenvalue weighted by Gasteiger charge is 2.27. The first kappa shape index (κ1) is 17.7. The number of carbonyl (C=O) groups is 1. The van der Waals surface area contributed by atoms with E-state index >= 15 is 0 Å². The molecule has 0 spiro atoms. The summed E-state index contributed by atoms with van der Waals surface area (Å²) >= 11 is 0. The smallest absolute Gasteiger partial charge is 0.236 e. The van der Waals surface area contributed by atoms with Crippen molar-refractivity contribution in [1.82, 2.24) is 9.80 Å². The van der Waals surface area contributed by atoms with Crippen molar-refractivity contribution in [3.05, 3.63) is 35.4 Å². The van der Waals surface area contributed by atoms with Gasteiger partial charge in [-0.3, -0.25) is 9.69 Å². The molecule has 1 rings (SSSR count). The molecular weight excluding hydrogens is 262 g/mol. The van der Waals surface area contributed by atoms with E-state index in [1.54, 1.807) is 19.0 Å². The average molecular weight is 291 g/mol. The molecular formula is C17H29N3O. The molecule has 0 aliphatic carbocycles. The number of rotatable bonds is 7. The summed E-state index contributed by atoms with van der Waals surface area (Å²) in [6, 6.07) is 8.39. The van der Waals surface area contributed by atoms with Crippen molar-refractivity contribution in [1.29, 1.82) is 0 Å². The Morgan fingerprint density at radius 1 is 1.24 bits per heavy atom. The van der Waals surface area contributed by atoms with Crippen LogP contribution in [0.4, 0.5) is 0 Å². The Morgan fingerprint density at radius 3 is 2.33 bits per heavy atom. The van der Waals surface area contributed by atoms with Gasteiger partial charge in [0, 0.05) is 20.1 Å². The lowest BCUT2D eigenvalue weighted by Crippen LogP contribution is -2.45. The fraction of sp³-hybridized carbons (Fsp3) is 0.588. The lowest BCUT2D eigenvalue weighted by atomic mass is 9.93. The summed E-state index contributed by atoms with van der Waals surface area (Å²) in [4.78, 5) is 15.9. The van der Waals surface area contributed by atoms with Crippen LogP contribution in [0.1, 0.15) is 37.4 Å². The zero-order chi connectivity index (χ0) is 16.0. The highest BCUT2D eigenvalue weighted by molar-refractivity contribution is 5.77. The van der Waals surface area contributed by atoms with Gasteiger partial charge >= 0.3 is 0 Å². The second kappa shape index (κ2) is 8.15. The molecule has 4 heteroatoms. The van der Waals surface area contributed by atoms with Crippen molar-refractivity contribution in [3.8, 4) is 0 Å². The average Bonchev–Trinajstić information content (AvgIpc) is 2.47. The van der Waals surface area contributed by atoms with E-state index in [2.05, 4.69) is 37.8 Å². The van der Waals surface area contributed by atoms with Crippen LogP contribution < -0.4 is 5.73 Å². The zero-order valence-corrected chi connectivity index (χ0v) is 14.0. The number of nitrogens with two attached hydrogens (primary N) is 1. The summed E-state index contributed by atoms with van der Waals surface area (Å²) in [5, 5.41) is 0. The zero-order valence-electron chi connectivity index (χ0n) is 14.0. The van der Waals surface area contributed by atoms with E-state index in [0.717, 1.165) is 13.0 Å². The predicted molar refractivity (Wildman–Crippen MR) is 88.1 cm³/mol. The molecule has 1 aromatic carbocycles. The van der Waals surface area contributed by atoms with Gasteiger partial charge in [-0.05, 0) is 31.0 Å². The highest BCUT2D eigenvalue weighted by atomic mass is 16.2. The molecule has 0 saturated heterocycles. The fourth-order valence-corrected chi connectivity index (χ4v) is 2.56. The normalized spacial score (nSPS) is 14.0. The number of hydrogen-bond acceptors (Lipinski definition) is 3. The Kier molecular flexibility index (Phi) is 6.85. The van der Waals surface area contributed by atoms with Crippen LogP contribution >= 0.6 is 0 Å². The van der Waals surface area contributed by atoms with Gasteiger partial charge in [0.1, 0.15) is 0 Å². The summed E-state index contributed by atoms with van der Waals surface area (Å²) in [6.45, 7) is 7.48. The van der Waals surface area contributed by atoms with Crippen LogP contribution in [-0.2, 0) is 4.79 Å². The fourth-order valence-electron chi connectivity index (χ4n) is 2.56. The molecule has 118 valence electrons. The van der Waals surface area contributed by atoms with E-state index < -0.39 is 0 Å². The maximum atomic E-state index is 12.1. The van der Waals surface area contributed by atoms with Crippen molar-refractivity contribution in [2.45, 2.75) is 39.3 Å². The number of hydrogen-bond donors (Lipinski definition) is 1. The molecule has 1 amide bonds. The predicted octanol–water partition coefficient (Wildman–Crippen LogP) is 2.18. The molecule has 0 saturated carbocycles. The van der Waals surface area contributed by atoms with Crippen LogP contribution in [0.5, 0.6) is 0 Å². The van der Waals surface area contributed by atoms with Gasteiger partial charge in [0.2, 0.25) is 5.91 Å². The van der Waals surface area contributed by atoms with Crippen LogP contribution in [0, 0.1) is 6.92 Å². The number of aryl methyl sites for hydroxylation is 1. The first-order chi connectivity index (χ1) is 9.92. The van der Waals surface area contributed by atoms with Gasteiger partial charge in [0.15, 0.2) is 0 Å². The summed E-state index contributed by atoms with van der Waals surface area (Å²) in [6.07, 6.45) is 0.881. The maximum absolute atomic E-state index is 12.1. The van der Waals surface area contributed by atoms with Gasteiger partial charge in [0.05, 0.1) is 12.6 Å². The van der Waals surface area contributed by atoms with E-state index in [-0.39, 0.29) is 18.0 Å². The lowest BCUT2D eigenvalue weighted by molar-refractivity contribution is -0.130. The third kappa shape index (κ3) is 4.55. The van der Waals surface area contributed by atoms with Gasteiger partial charge in [-0.25, -0.2) is 0 Å². The number of benzene rings is 1. The van der Waals surface area contributed by atoms with Crippen LogP contribution in [0.3, 0.4) is 0 Å². The molecule has 2 atom stereocenters. The van der Waals surface area contributed by atoms with E-state index in [9.17, 15) is 4.79 Å². The van der Waals surface area contributed by atoms with Crippen LogP contribution in [0.15, 0.2) is 24.3 Å². The maximum Gasteiger partial charge on any atom is 0.236 e. The molecule has 0 aromatic heterocycles. The van der Waals surface area contributed by atoms with Crippen molar-refractivity contribution >= 4 is 5.91 Å². The standard InChI is InChI=1S/C17H29N3O/c1-6-15(18)17(14-11-9-8-10-13(14)3)20(7-2)12-16(21)19(4)5/h8-11,15,17H,6-7,12,18H2,1-5H3. The minimum atomic E-state index is 0.0148. The quantitative estimate of drug-likeness (QED) is 0.838. The monoisotopic (exact) mass is 291 g/mol. The minimum absolute atomic E-state index is 0.0148. The molecule has 0 bridgehead atoms. The van der Waals surface area contributed by atoms with Gasteiger partial charge in [-0.15, -0.1) is 0 Å². The molecule has 0 heterocycles. The lowest BCUT2D eigenvalue weighted by Gasteiger charge is -2.36. The molecule has 0 aliphatic rings. The molecule has 0 radical (unpaired) electrons. The van der Waals surface area contributed by atoms with E-state index in [1.807, 2.05) is 12.1 Å². The van der Waals surface area contributed by atoms with E-state index in [0.29, 0.717) is 6.54 Å². The molecule has 0 aliphatic heterocycles. The molecule has 2 unspecified atom stereocenters. The third-order valence-corrected chi connectivity index (χ3v) is 4.02. The molecule has 1 aromatic rings. The Bertz CT molecular complexity index is 459. The molecule has 21 heavy (non-hydrogen) atoms. The minimum Gasteiger partial charge on any atom is -0.348 e. The Hall–Kier alpha value is -1.39. The largest absolute Gasteiger partial charge is 0.348 e. The second-order valence-electron chi connectivity index (χ2n) is 5.72. The Morgan fingerprint density at radius 2 is 1.86 bits per heavy atom. The van der Waals surface area contributed by atoms with Crippen LogP contribution in [0.2, 0.25) is 0 Å². The summed E-state index contributed by atoms with van der Waals surface area (Å²) in [5.74, 6) is 0.110. The van der Waals surface area contributed by atoms with Gasteiger partial charge in [-0.2, -0.15) is 0 Å². The van der Waals surface area contributed by atoms with Gasteiger partial charge in [-0.1, -0.05) is 38.1 Å². The third-order valence-electron chi connectivity index (χ3n) is 4.02. The first-order valence-electron chi connectivity index (χ1n) is 7.67. The number of likely N-dealkylation sites (N-methyl/N-ethyl adjacent to an activating group) is 2. The second-order valence-corrected chi connectivity index (χ2v) is 5.72. The topological polar surface area (TPSA) is 49.6 Å². The Labute approximate surface area is 128 Å². The number of carbonyl (C=O) groups excluding carboxylic acids is 1. The van der Waals surface area contributed by atoms with Crippen LogP contribution in [0.25, 0.3) is 0 Å². The molecule has 2 N–H and O–H groups in total. The van der Waals surface area contributed by atoms with Gasteiger partial charge < -0.3 is 10.6 Å². The van der Waals surface area contributed by atoms with E-state index in [4.69, 9.17) is 5.73 Å². The van der Waals surface area contributed by atoms with E-state index in [1.165, 1.54) is 11.1 Å². The summed E-state index contributed by atoms with van der Waals surface area (Å²) < 4.78 is 0. The van der Waals surface area contributed by atoms with Crippen LogP contribution in [-0.4, -0.2) is 48.9 Å². The number of nitrogens with zero attached hydrogens (tertiary/aromatic N) is 2. The number of amides is 1. The highest BCUT2D eigenvalue weighted by Crippen LogP contribution is 2.27. The Balaban J connectivity index is 3.11. The SMILES string of the molecule is CCC(N)C(c1ccccc1C)N(CC)CC(=O)N(C)C. The van der Waals surface area contributed by atoms with Crippen molar-refractivity contribution in [2.75, 3.05) is 27.2 Å². The molecule has 4 nitrogen and oxygen atoms in total. The van der Waals surface area contributed by atoms with Crippen molar-refractivity contribution in [2.24, 2.45) is 5.73 Å². The van der Waals surface area contributed by atoms with Crippen molar-refractivity contribution < 1.29 is 4.79 Å². The molecule has 0 fully saturated rings. The van der Waals surface area contributed by atoms with Crippen molar-refractivity contribution in [3.63, 3.8) is 0 Å². The first-order valence-corrected chi connectivity index (χ1v) is 7.67. The van der Waals surface area contributed by atoms with Gasteiger partial charge in [0.25, 0.3) is 0 Å². The summed E-state index contributed by atoms with van der Waals surface area (Å²) in [5.41, 5.74) is 8.83. The summed E-state index contributed by atoms with van der Waals surface area (Å²) in [7, 11) is 3.58.